The van der Waals surface area contributed by atoms with Crippen molar-refractivity contribution in [3.8, 4) is 0 Å². The van der Waals surface area contributed by atoms with E-state index in [0.717, 1.165) is 12.8 Å². The van der Waals surface area contributed by atoms with Crippen molar-refractivity contribution in [2.75, 3.05) is 33.0 Å². The molecule has 0 saturated carbocycles. The highest BCUT2D eigenvalue weighted by atomic mass is 16.5. The molecule has 0 bridgehead atoms. The first-order valence-corrected chi connectivity index (χ1v) is 11.1. The van der Waals surface area contributed by atoms with E-state index in [1.807, 2.05) is 0 Å². The number of hydrogen-bond donors (Lipinski definition) is 4. The van der Waals surface area contributed by atoms with Crippen LogP contribution in [0.15, 0.2) is 0 Å². The number of amides is 2. The number of rotatable bonds is 19. The zero-order chi connectivity index (χ0) is 25.3. The van der Waals surface area contributed by atoms with Crippen LogP contribution in [0.1, 0.15) is 65.7 Å². The summed E-state index contributed by atoms with van der Waals surface area (Å²) in [6.07, 6.45) is 1.55. The number of carbonyl (C=O) groups is 5. The number of hydrogen-bond acceptors (Lipinski definition) is 7. The van der Waals surface area contributed by atoms with Gasteiger partial charge < -0.3 is 30.3 Å². The topological polar surface area (TPSA) is 168 Å². The molecule has 1 atom stereocenters. The molecule has 0 aliphatic heterocycles. The molecular weight excluding hydrogens is 436 g/mol. The van der Waals surface area contributed by atoms with Crippen LogP contribution in [-0.4, -0.2) is 78.8 Å². The van der Waals surface area contributed by atoms with Gasteiger partial charge in [-0.2, -0.15) is 0 Å². The van der Waals surface area contributed by atoms with Gasteiger partial charge in [-0.15, -0.1) is 0 Å². The van der Waals surface area contributed by atoms with Gasteiger partial charge in [0.05, 0.1) is 13.2 Å². The minimum Gasteiger partial charge on any atom is -0.481 e. The number of Topliss-reactive ketones (excluding diaryl/α,β-unsaturated/α-hetero) is 1. The Morgan fingerprint density at radius 3 is 2.15 bits per heavy atom. The highest BCUT2D eigenvalue weighted by Crippen LogP contribution is 2.19. The molecular formula is C22H38N2O9. The lowest BCUT2D eigenvalue weighted by Crippen LogP contribution is -2.41. The van der Waals surface area contributed by atoms with E-state index in [1.54, 1.807) is 0 Å². The van der Waals surface area contributed by atoms with E-state index in [2.05, 4.69) is 31.4 Å². The second-order valence-electron chi connectivity index (χ2n) is 8.89. The summed E-state index contributed by atoms with van der Waals surface area (Å²) in [5.74, 6) is -3.97. The van der Waals surface area contributed by atoms with Crippen molar-refractivity contribution in [1.29, 1.82) is 0 Å². The fourth-order valence-corrected chi connectivity index (χ4v) is 2.72. The molecule has 0 aliphatic carbocycles. The summed E-state index contributed by atoms with van der Waals surface area (Å²) < 4.78 is 10.6. The van der Waals surface area contributed by atoms with Crippen LogP contribution in [0, 0.1) is 5.41 Å². The molecule has 1 unspecified atom stereocenters. The van der Waals surface area contributed by atoms with Gasteiger partial charge in [0.1, 0.15) is 24.9 Å². The van der Waals surface area contributed by atoms with Gasteiger partial charge in [-0.3, -0.25) is 19.2 Å². The molecule has 0 saturated heterocycles. The Balaban J connectivity index is 3.75. The van der Waals surface area contributed by atoms with Crippen LogP contribution in [0.3, 0.4) is 0 Å². The Hall–Kier alpha value is -2.53. The van der Waals surface area contributed by atoms with Gasteiger partial charge in [0.25, 0.3) is 0 Å². The third-order valence-corrected chi connectivity index (χ3v) is 4.43. The lowest BCUT2D eigenvalue weighted by Gasteiger charge is -2.17. The number of carboxylic acid groups (broad SMARTS) is 2. The number of ketones is 1. The molecule has 0 radical (unpaired) electrons. The summed E-state index contributed by atoms with van der Waals surface area (Å²) >= 11 is 0. The molecule has 190 valence electrons. The number of carboxylic acids is 2. The van der Waals surface area contributed by atoms with Gasteiger partial charge in [-0.1, -0.05) is 20.8 Å². The average molecular weight is 475 g/mol. The Kier molecular flexibility index (Phi) is 15.7. The van der Waals surface area contributed by atoms with Gasteiger partial charge >= 0.3 is 11.9 Å². The van der Waals surface area contributed by atoms with Crippen LogP contribution in [0.4, 0.5) is 0 Å². The maximum absolute atomic E-state index is 11.9. The summed E-state index contributed by atoms with van der Waals surface area (Å²) in [5, 5.41) is 22.5. The number of carbonyl (C=O) groups excluding carboxylic acids is 3. The second kappa shape index (κ2) is 17.0. The predicted molar refractivity (Wildman–Crippen MR) is 119 cm³/mol. The fourth-order valence-electron chi connectivity index (χ4n) is 2.72. The normalized spacial score (nSPS) is 12.1. The zero-order valence-corrected chi connectivity index (χ0v) is 19.8. The average Bonchev–Trinajstić information content (AvgIpc) is 2.68. The van der Waals surface area contributed by atoms with E-state index in [1.165, 1.54) is 0 Å². The van der Waals surface area contributed by atoms with Crippen molar-refractivity contribution in [3.63, 3.8) is 0 Å². The number of aliphatic carboxylic acids is 2. The maximum Gasteiger partial charge on any atom is 0.326 e. The molecule has 0 aliphatic rings. The lowest BCUT2D eigenvalue weighted by molar-refractivity contribution is -0.145. The molecule has 0 aromatic heterocycles. The van der Waals surface area contributed by atoms with Crippen molar-refractivity contribution in [2.45, 2.75) is 71.8 Å². The highest BCUT2D eigenvalue weighted by Gasteiger charge is 2.22. The van der Waals surface area contributed by atoms with Crippen LogP contribution in [0.25, 0.3) is 0 Å². The molecule has 2 amide bonds. The van der Waals surface area contributed by atoms with Crippen molar-refractivity contribution >= 4 is 29.5 Å². The van der Waals surface area contributed by atoms with E-state index >= 15 is 0 Å². The van der Waals surface area contributed by atoms with E-state index in [-0.39, 0.29) is 56.2 Å². The molecule has 11 nitrogen and oxygen atoms in total. The van der Waals surface area contributed by atoms with Crippen LogP contribution in [0.2, 0.25) is 0 Å². The smallest absolute Gasteiger partial charge is 0.326 e. The quantitative estimate of drug-likeness (QED) is 0.158. The third kappa shape index (κ3) is 19.9. The minimum absolute atomic E-state index is 0.0366. The van der Waals surface area contributed by atoms with Gasteiger partial charge in [0, 0.05) is 26.0 Å². The Bertz CT molecular complexity index is 644. The standard InChI is InChI=1S/C22H38N2O9/c1-22(2,3)9-5-10-23-19(27)15-33-13-12-32-11-4-6-16(25)7-8-17(21(30)31)24-18(26)14-20(28)29/h17H,4-15H2,1-3H3,(H,23,27)(H,24,26)(H,28,29)(H,30,31). The monoisotopic (exact) mass is 474 g/mol. The van der Waals surface area contributed by atoms with Gasteiger partial charge in [-0.25, -0.2) is 4.79 Å². The SMILES string of the molecule is CC(C)(C)CCCNC(=O)COCCOCCCC(=O)CCC(NC(=O)CC(=O)O)C(=O)O. The van der Waals surface area contributed by atoms with Crippen molar-refractivity contribution in [2.24, 2.45) is 5.41 Å². The molecule has 33 heavy (non-hydrogen) atoms. The van der Waals surface area contributed by atoms with Crippen LogP contribution < -0.4 is 10.6 Å². The predicted octanol–water partition coefficient (Wildman–Crippen LogP) is 1.14. The van der Waals surface area contributed by atoms with Crippen LogP contribution >= 0.6 is 0 Å². The highest BCUT2D eigenvalue weighted by molar-refractivity contribution is 5.95. The van der Waals surface area contributed by atoms with Crippen LogP contribution in [0.5, 0.6) is 0 Å². The molecule has 11 heteroatoms. The van der Waals surface area contributed by atoms with Crippen molar-refractivity contribution < 1.29 is 43.7 Å². The molecule has 0 heterocycles. The van der Waals surface area contributed by atoms with Crippen molar-refractivity contribution in [3.05, 3.63) is 0 Å². The molecule has 0 aromatic carbocycles. The largest absolute Gasteiger partial charge is 0.481 e. The third-order valence-electron chi connectivity index (χ3n) is 4.43. The summed E-state index contributed by atoms with van der Waals surface area (Å²) in [7, 11) is 0. The van der Waals surface area contributed by atoms with E-state index in [4.69, 9.17) is 19.7 Å². The van der Waals surface area contributed by atoms with Gasteiger partial charge in [0.2, 0.25) is 11.8 Å². The first-order valence-electron chi connectivity index (χ1n) is 11.1. The maximum atomic E-state index is 11.9. The number of nitrogens with one attached hydrogen (secondary N) is 2. The van der Waals surface area contributed by atoms with Gasteiger partial charge in [-0.05, 0) is 31.1 Å². The summed E-state index contributed by atoms with van der Waals surface area (Å²) in [5.41, 5.74) is 0.241. The summed E-state index contributed by atoms with van der Waals surface area (Å²) in [6.45, 7) is 7.87. The number of ether oxygens (including phenoxy) is 2. The molecule has 0 spiro atoms. The van der Waals surface area contributed by atoms with Gasteiger partial charge in [0.15, 0.2) is 0 Å². The van der Waals surface area contributed by atoms with E-state index < -0.39 is 30.3 Å². The second-order valence-corrected chi connectivity index (χ2v) is 8.89. The Morgan fingerprint density at radius 1 is 0.879 bits per heavy atom. The fraction of sp³-hybridized carbons (Fsp3) is 0.773. The van der Waals surface area contributed by atoms with Crippen molar-refractivity contribution in [1.82, 2.24) is 10.6 Å². The molecule has 0 rings (SSSR count). The van der Waals surface area contributed by atoms with Crippen LogP contribution in [-0.2, 0) is 33.4 Å². The molecule has 0 aromatic rings. The first kappa shape index (κ1) is 30.5. The Morgan fingerprint density at radius 2 is 1.55 bits per heavy atom. The van der Waals surface area contributed by atoms with E-state index in [9.17, 15) is 24.0 Å². The molecule has 4 N–H and O–H groups in total. The minimum atomic E-state index is -1.37. The first-order chi connectivity index (χ1) is 15.4. The zero-order valence-electron chi connectivity index (χ0n) is 19.8. The summed E-state index contributed by atoms with van der Waals surface area (Å²) in [6, 6.07) is -1.31. The van der Waals surface area contributed by atoms with E-state index in [0.29, 0.717) is 19.6 Å². The lowest BCUT2D eigenvalue weighted by atomic mass is 9.91. The molecule has 0 fully saturated rings. The Labute approximate surface area is 194 Å². The summed E-state index contributed by atoms with van der Waals surface area (Å²) in [4.78, 5) is 56.5.